The van der Waals surface area contributed by atoms with E-state index in [-0.39, 0.29) is 32.3 Å². The fraction of sp³-hybridized carbons (Fsp3) is 0.824. The average molecular weight is 866 g/mol. The van der Waals surface area contributed by atoms with E-state index in [9.17, 15) is 14.3 Å². The van der Waals surface area contributed by atoms with Crippen molar-refractivity contribution in [3.05, 3.63) is 48.6 Å². The smallest absolute Gasteiger partial charge is 0.457 e. The molecule has 0 spiro atoms. The van der Waals surface area contributed by atoms with Gasteiger partial charge in [-0.25, -0.2) is 4.57 Å². The van der Waals surface area contributed by atoms with E-state index in [0.717, 1.165) is 64.2 Å². The van der Waals surface area contributed by atoms with E-state index in [4.69, 9.17) is 24.3 Å². The fourth-order valence-corrected chi connectivity index (χ4v) is 7.87. The van der Waals surface area contributed by atoms with Crippen LogP contribution in [-0.2, 0) is 27.9 Å². The summed E-state index contributed by atoms with van der Waals surface area (Å²) < 4.78 is 33.6. The third-order valence-corrected chi connectivity index (χ3v) is 11.7. The van der Waals surface area contributed by atoms with E-state index < -0.39 is 13.9 Å². The Hall–Kier alpha value is -1.54. The van der Waals surface area contributed by atoms with Crippen LogP contribution in [0.3, 0.4) is 0 Å². The maximum absolute atomic E-state index is 12.6. The standard InChI is InChI=1S/C51H96NO7P/c1-3-5-7-9-11-13-15-17-19-21-23-25-26-28-30-32-34-36-38-40-42-44-51(53)59-50(49-58-60(54,55)57-47-45-52)48-56-46-43-41-39-37-35-33-31-29-27-24-22-20-18-16-14-12-10-8-6-4-2/h5,7,11,13,17,19,23,25,50H,3-4,6,8-10,12,14-16,18,20-22,24,26-49,52H2,1-2H3,(H,54,55)/b7-5-,13-11-,19-17-,25-23-. The number of ether oxygens (including phenoxy) is 2. The largest absolute Gasteiger partial charge is 0.472 e. The van der Waals surface area contributed by atoms with Gasteiger partial charge in [-0.2, -0.15) is 0 Å². The van der Waals surface area contributed by atoms with Crippen LogP contribution in [0.2, 0.25) is 0 Å². The number of nitrogens with two attached hydrogens (primary N) is 1. The Morgan fingerprint density at radius 2 is 0.933 bits per heavy atom. The molecule has 60 heavy (non-hydrogen) atoms. The summed E-state index contributed by atoms with van der Waals surface area (Å²) in [5.74, 6) is -0.336. The van der Waals surface area contributed by atoms with Crippen LogP contribution >= 0.6 is 7.82 Å². The molecule has 0 saturated carbocycles. The monoisotopic (exact) mass is 866 g/mol. The molecular weight excluding hydrogens is 770 g/mol. The molecule has 0 fully saturated rings. The number of carbonyl (C=O) groups excluding carboxylic acids is 1. The van der Waals surface area contributed by atoms with Crippen molar-refractivity contribution in [2.75, 3.05) is 33.0 Å². The van der Waals surface area contributed by atoms with Gasteiger partial charge in [-0.1, -0.05) is 223 Å². The van der Waals surface area contributed by atoms with Gasteiger partial charge in [-0.05, 0) is 51.4 Å². The summed E-state index contributed by atoms with van der Waals surface area (Å²) in [6.07, 6.45) is 58.5. The minimum atomic E-state index is -4.28. The number of hydrogen-bond acceptors (Lipinski definition) is 7. The maximum atomic E-state index is 12.6. The minimum absolute atomic E-state index is 0.0970. The van der Waals surface area contributed by atoms with Gasteiger partial charge in [0, 0.05) is 19.6 Å². The first-order valence-corrected chi connectivity index (χ1v) is 26.6. The number of hydrogen-bond donors (Lipinski definition) is 2. The summed E-state index contributed by atoms with van der Waals surface area (Å²) in [6.45, 7) is 4.84. The summed E-state index contributed by atoms with van der Waals surface area (Å²) >= 11 is 0. The maximum Gasteiger partial charge on any atom is 0.472 e. The summed E-state index contributed by atoms with van der Waals surface area (Å²) in [6, 6.07) is 0. The molecule has 0 aliphatic carbocycles. The number of phosphoric acid groups is 1. The first-order chi connectivity index (χ1) is 29.4. The lowest BCUT2D eigenvalue weighted by Gasteiger charge is -2.20. The molecule has 0 amide bonds. The Balaban J connectivity index is 3.95. The molecular formula is C51H96NO7P. The second-order valence-corrected chi connectivity index (χ2v) is 18.1. The van der Waals surface area contributed by atoms with Crippen molar-refractivity contribution in [1.29, 1.82) is 0 Å². The van der Waals surface area contributed by atoms with Crippen molar-refractivity contribution in [1.82, 2.24) is 0 Å². The predicted molar refractivity (Wildman–Crippen MR) is 256 cm³/mol. The van der Waals surface area contributed by atoms with Crippen LogP contribution in [0.1, 0.15) is 232 Å². The first-order valence-electron chi connectivity index (χ1n) is 25.1. The second kappa shape index (κ2) is 48.5. The molecule has 3 N–H and O–H groups in total. The highest BCUT2D eigenvalue weighted by Crippen LogP contribution is 2.43. The molecule has 0 heterocycles. The summed E-state index contributed by atoms with van der Waals surface area (Å²) in [4.78, 5) is 22.6. The summed E-state index contributed by atoms with van der Waals surface area (Å²) in [7, 11) is -4.28. The lowest BCUT2D eigenvalue weighted by molar-refractivity contribution is -0.154. The van der Waals surface area contributed by atoms with E-state index in [1.165, 1.54) is 148 Å². The fourth-order valence-electron chi connectivity index (χ4n) is 7.11. The molecule has 8 nitrogen and oxygen atoms in total. The van der Waals surface area contributed by atoms with E-state index in [0.29, 0.717) is 13.0 Å². The Labute approximate surface area is 371 Å². The van der Waals surface area contributed by atoms with Crippen LogP contribution in [0.15, 0.2) is 48.6 Å². The molecule has 0 rings (SSSR count). The third-order valence-electron chi connectivity index (χ3n) is 10.8. The topological polar surface area (TPSA) is 117 Å². The number of esters is 1. The zero-order valence-electron chi connectivity index (χ0n) is 39.2. The van der Waals surface area contributed by atoms with E-state index in [1.54, 1.807) is 0 Å². The molecule has 0 bridgehead atoms. The molecule has 2 atom stereocenters. The van der Waals surface area contributed by atoms with Gasteiger partial charge >= 0.3 is 13.8 Å². The van der Waals surface area contributed by atoms with Crippen molar-refractivity contribution < 1.29 is 32.8 Å². The van der Waals surface area contributed by atoms with Gasteiger partial charge in [0.05, 0.1) is 19.8 Å². The molecule has 0 aliphatic heterocycles. The van der Waals surface area contributed by atoms with Gasteiger partial charge in [0.25, 0.3) is 0 Å². The zero-order chi connectivity index (χ0) is 43.7. The highest BCUT2D eigenvalue weighted by Gasteiger charge is 2.25. The average Bonchev–Trinajstić information content (AvgIpc) is 3.24. The van der Waals surface area contributed by atoms with Gasteiger partial charge in [-0.3, -0.25) is 13.8 Å². The summed E-state index contributed by atoms with van der Waals surface area (Å²) in [5, 5.41) is 0. The second-order valence-electron chi connectivity index (χ2n) is 16.7. The Kier molecular flexibility index (Phi) is 47.2. The quantitative estimate of drug-likeness (QED) is 0.0269. The van der Waals surface area contributed by atoms with Gasteiger partial charge in [0.2, 0.25) is 0 Å². The molecule has 9 heteroatoms. The lowest BCUT2D eigenvalue weighted by atomic mass is 10.0. The van der Waals surface area contributed by atoms with Gasteiger partial charge in [-0.15, -0.1) is 0 Å². The van der Waals surface area contributed by atoms with Crippen molar-refractivity contribution in [3.8, 4) is 0 Å². The highest BCUT2D eigenvalue weighted by molar-refractivity contribution is 7.47. The molecule has 0 saturated heterocycles. The zero-order valence-corrected chi connectivity index (χ0v) is 40.1. The van der Waals surface area contributed by atoms with Crippen molar-refractivity contribution in [2.45, 2.75) is 238 Å². The van der Waals surface area contributed by atoms with Crippen LogP contribution in [0.4, 0.5) is 0 Å². The van der Waals surface area contributed by atoms with Crippen LogP contribution < -0.4 is 5.73 Å². The lowest BCUT2D eigenvalue weighted by Crippen LogP contribution is -2.28. The van der Waals surface area contributed by atoms with Crippen LogP contribution in [0, 0.1) is 0 Å². The Bertz CT molecular complexity index is 1060. The molecule has 0 radical (unpaired) electrons. The van der Waals surface area contributed by atoms with Gasteiger partial charge in [0.1, 0.15) is 6.10 Å². The normalized spacial score (nSPS) is 13.7. The molecule has 2 unspecified atom stereocenters. The number of carbonyl (C=O) groups is 1. The van der Waals surface area contributed by atoms with Gasteiger partial charge < -0.3 is 20.1 Å². The van der Waals surface area contributed by atoms with Crippen molar-refractivity contribution >= 4 is 13.8 Å². The predicted octanol–water partition coefficient (Wildman–Crippen LogP) is 15.5. The van der Waals surface area contributed by atoms with Crippen LogP contribution in [0.25, 0.3) is 0 Å². The van der Waals surface area contributed by atoms with E-state index >= 15 is 0 Å². The molecule has 352 valence electrons. The van der Waals surface area contributed by atoms with Crippen molar-refractivity contribution in [2.24, 2.45) is 5.73 Å². The number of phosphoric ester groups is 1. The molecule has 0 aromatic heterocycles. The number of rotatable bonds is 48. The highest BCUT2D eigenvalue weighted by atomic mass is 31.2. The Morgan fingerprint density at radius 1 is 0.517 bits per heavy atom. The SMILES string of the molecule is CC/C=C\C/C=C\C/C=C\C/C=C\CCCCCCCCCCC(=O)OC(COCCCCCCCCCCCCCCCCCCCCCC)COP(=O)(O)OCCN. The van der Waals surface area contributed by atoms with E-state index in [1.807, 2.05) is 0 Å². The Morgan fingerprint density at radius 3 is 1.40 bits per heavy atom. The summed E-state index contributed by atoms with van der Waals surface area (Å²) in [5.41, 5.74) is 5.39. The minimum Gasteiger partial charge on any atom is -0.457 e. The third kappa shape index (κ3) is 47.5. The van der Waals surface area contributed by atoms with E-state index in [2.05, 4.69) is 62.5 Å². The van der Waals surface area contributed by atoms with Crippen LogP contribution in [-0.4, -0.2) is 49.9 Å². The molecule has 0 aromatic rings. The molecule has 0 aromatic carbocycles. The van der Waals surface area contributed by atoms with Crippen molar-refractivity contribution in [3.63, 3.8) is 0 Å². The number of unbranched alkanes of at least 4 members (excludes halogenated alkanes) is 27. The molecule has 0 aliphatic rings. The first kappa shape index (κ1) is 58.5. The van der Waals surface area contributed by atoms with Crippen LogP contribution in [0.5, 0.6) is 0 Å². The van der Waals surface area contributed by atoms with Gasteiger partial charge in [0.15, 0.2) is 0 Å². The number of allylic oxidation sites excluding steroid dienone is 8.